The topological polar surface area (TPSA) is 131 Å². The van der Waals surface area contributed by atoms with Crippen molar-refractivity contribution in [1.82, 2.24) is 4.98 Å². The van der Waals surface area contributed by atoms with Gasteiger partial charge in [0.25, 0.3) is 5.91 Å². The van der Waals surface area contributed by atoms with E-state index in [-0.39, 0.29) is 28.2 Å². The maximum atomic E-state index is 12.6. The minimum atomic E-state index is -3.80. The largest absolute Gasteiger partial charge is 0.483 e. The van der Waals surface area contributed by atoms with Crippen LogP contribution in [-0.4, -0.2) is 31.2 Å². The van der Waals surface area contributed by atoms with Crippen LogP contribution < -0.4 is 20.1 Å². The summed E-state index contributed by atoms with van der Waals surface area (Å²) < 4.78 is 28.9. The van der Waals surface area contributed by atoms with E-state index in [9.17, 15) is 18.0 Å². The molecule has 8 nitrogen and oxygen atoms in total. The molecule has 4 unspecified atom stereocenters. The number of primary sulfonamides is 1. The number of benzene rings is 2. The second kappa shape index (κ2) is 9.05. The molecule has 2 fully saturated rings. The molecule has 2 aliphatic carbocycles. The Labute approximate surface area is 216 Å². The Morgan fingerprint density at radius 3 is 2.64 bits per heavy atom. The Hall–Kier alpha value is -2.60. The van der Waals surface area contributed by atoms with Crippen LogP contribution >= 0.6 is 23.1 Å². The third kappa shape index (κ3) is 4.27. The van der Waals surface area contributed by atoms with E-state index in [2.05, 4.69) is 16.4 Å². The van der Waals surface area contributed by atoms with Crippen LogP contribution in [0.5, 0.6) is 5.75 Å². The monoisotopic (exact) mass is 543 g/mol. The van der Waals surface area contributed by atoms with Crippen LogP contribution in [0.15, 0.2) is 63.2 Å². The van der Waals surface area contributed by atoms with Crippen molar-refractivity contribution in [3.63, 3.8) is 0 Å². The number of thiazole rings is 1. The molecule has 1 aliphatic heterocycles. The van der Waals surface area contributed by atoms with Crippen molar-refractivity contribution in [3.8, 4) is 5.75 Å². The number of nitrogens with one attached hydrogen (secondary N) is 2. The zero-order chi connectivity index (χ0) is 25.0. The van der Waals surface area contributed by atoms with Crippen molar-refractivity contribution in [2.24, 2.45) is 22.9 Å². The van der Waals surface area contributed by atoms with Crippen LogP contribution in [-0.2, 0) is 14.8 Å². The number of hydrogen-bond acceptors (Lipinski definition) is 7. The Morgan fingerprint density at radius 1 is 1.11 bits per heavy atom. The maximum absolute atomic E-state index is 12.6. The van der Waals surface area contributed by atoms with Crippen molar-refractivity contribution in [3.05, 3.63) is 68.6 Å². The fourth-order valence-corrected chi connectivity index (χ4v) is 9.53. The Kier molecular flexibility index (Phi) is 5.98. The molecule has 3 aromatic rings. The normalized spacial score (nSPS) is 26.3. The molecule has 188 valence electrons. The first kappa shape index (κ1) is 23.8. The molecular formula is C25H25N3O5S3. The molecule has 3 aliphatic rings. The molecule has 1 amide bonds. The van der Waals surface area contributed by atoms with Crippen molar-refractivity contribution >= 4 is 44.7 Å². The highest BCUT2D eigenvalue weighted by Crippen LogP contribution is 2.64. The molecule has 36 heavy (non-hydrogen) atoms. The third-order valence-electron chi connectivity index (χ3n) is 7.54. The number of H-pyrrole nitrogens is 1. The number of hydrogen-bond donors (Lipinski definition) is 3. The minimum absolute atomic E-state index is 0.0262. The maximum Gasteiger partial charge on any atom is 0.305 e. The number of ether oxygens (including phenoxy) is 1. The van der Waals surface area contributed by atoms with E-state index in [0.717, 1.165) is 15.5 Å². The molecular weight excluding hydrogens is 518 g/mol. The van der Waals surface area contributed by atoms with Crippen molar-refractivity contribution in [2.75, 3.05) is 11.9 Å². The highest BCUT2D eigenvalue weighted by molar-refractivity contribution is 8.00. The molecule has 2 aromatic carbocycles. The summed E-state index contributed by atoms with van der Waals surface area (Å²) in [4.78, 5) is 29.0. The molecule has 11 heteroatoms. The highest BCUT2D eigenvalue weighted by atomic mass is 32.2. The number of anilines is 1. The lowest BCUT2D eigenvalue weighted by Crippen LogP contribution is -2.34. The van der Waals surface area contributed by atoms with E-state index in [1.165, 1.54) is 54.9 Å². The predicted octanol–water partition coefficient (Wildman–Crippen LogP) is 3.75. The average molecular weight is 544 g/mol. The molecule has 0 saturated heterocycles. The van der Waals surface area contributed by atoms with Crippen molar-refractivity contribution in [1.29, 1.82) is 0 Å². The van der Waals surface area contributed by atoms with E-state index < -0.39 is 10.0 Å². The Morgan fingerprint density at radius 2 is 1.86 bits per heavy atom. The zero-order valence-electron chi connectivity index (χ0n) is 19.2. The molecule has 0 radical (unpaired) electrons. The van der Waals surface area contributed by atoms with Crippen LogP contribution in [0.25, 0.3) is 0 Å². The van der Waals surface area contributed by atoms with E-state index in [0.29, 0.717) is 34.4 Å². The van der Waals surface area contributed by atoms with Gasteiger partial charge in [0, 0.05) is 27.3 Å². The summed E-state index contributed by atoms with van der Waals surface area (Å²) in [6, 6.07) is 13.4. The lowest BCUT2D eigenvalue weighted by atomic mass is 9.74. The summed E-state index contributed by atoms with van der Waals surface area (Å²) in [6.07, 6.45) is 3.73. The van der Waals surface area contributed by atoms with Crippen LogP contribution in [0.1, 0.15) is 35.6 Å². The number of rotatable bonds is 6. The van der Waals surface area contributed by atoms with Crippen LogP contribution in [0, 0.1) is 17.8 Å². The number of thioether (sulfide) groups is 1. The van der Waals surface area contributed by atoms with Gasteiger partial charge in [-0.3, -0.25) is 9.59 Å². The van der Waals surface area contributed by atoms with Gasteiger partial charge >= 0.3 is 4.87 Å². The summed E-state index contributed by atoms with van der Waals surface area (Å²) in [5.74, 6) is 2.11. The number of para-hydroxylation sites is 1. The fourth-order valence-electron chi connectivity index (χ4n) is 6.13. The SMILES string of the molecule is NS(=O)(=O)c1ccc(NC(=O)COc2ccccc2[C@H]2c3sc(=O)[nH]c3SC3C4CCC(C4)C32)cc1. The van der Waals surface area contributed by atoms with Gasteiger partial charge in [-0.2, -0.15) is 0 Å². The van der Waals surface area contributed by atoms with Crippen LogP contribution in [0.4, 0.5) is 5.69 Å². The molecule has 2 bridgehead atoms. The summed E-state index contributed by atoms with van der Waals surface area (Å²) in [5, 5.41) is 9.32. The number of carbonyl (C=O) groups excluding carboxylic acids is 1. The molecule has 6 rings (SSSR count). The summed E-state index contributed by atoms with van der Waals surface area (Å²) in [7, 11) is -3.80. The molecule has 2 saturated carbocycles. The van der Waals surface area contributed by atoms with Gasteiger partial charge in [-0.05, 0) is 67.3 Å². The summed E-state index contributed by atoms with van der Waals surface area (Å²) in [6.45, 7) is -0.203. The molecule has 2 heterocycles. The second-order valence-electron chi connectivity index (χ2n) is 9.62. The third-order valence-corrected chi connectivity index (χ3v) is 11.1. The molecule has 4 N–H and O–H groups in total. The van der Waals surface area contributed by atoms with E-state index >= 15 is 0 Å². The lowest BCUT2D eigenvalue weighted by molar-refractivity contribution is -0.118. The number of fused-ring (bicyclic) bond motifs is 6. The van der Waals surface area contributed by atoms with Gasteiger partial charge in [-0.1, -0.05) is 29.5 Å². The lowest BCUT2D eigenvalue weighted by Gasteiger charge is -2.40. The Balaban J connectivity index is 1.23. The first-order valence-corrected chi connectivity index (χ1v) is 15.1. The highest BCUT2D eigenvalue weighted by Gasteiger charge is 2.55. The minimum Gasteiger partial charge on any atom is -0.483 e. The summed E-state index contributed by atoms with van der Waals surface area (Å²) in [5.41, 5.74) is 1.46. The molecule has 0 spiro atoms. The van der Waals surface area contributed by atoms with E-state index in [4.69, 9.17) is 9.88 Å². The number of sulfonamides is 1. The summed E-state index contributed by atoms with van der Waals surface area (Å²) >= 11 is 3.13. The molecule has 5 atom stereocenters. The quantitative estimate of drug-likeness (QED) is 0.434. The van der Waals surface area contributed by atoms with Crippen LogP contribution in [0.3, 0.4) is 0 Å². The molecule has 1 aromatic heterocycles. The standard InChI is InChI=1S/C25H25N3O5S3/c26-36(31,32)16-9-7-15(8-10-16)27-19(29)12-33-18-4-2-1-3-17(18)21-20-13-5-6-14(11-13)22(20)34-24-23(21)35-25(30)28-24/h1-4,7-10,13-14,20-22H,5-6,11-12H2,(H,27,29)(H,28,30)(H2,26,31,32)/t13?,14?,20?,21-,22?/m1/s1. The van der Waals surface area contributed by atoms with Crippen LogP contribution in [0.2, 0.25) is 0 Å². The average Bonchev–Trinajstić information content (AvgIpc) is 3.55. The first-order valence-electron chi connectivity index (χ1n) is 11.8. The second-order valence-corrected chi connectivity index (χ2v) is 13.4. The van der Waals surface area contributed by atoms with E-state index in [1.807, 2.05) is 30.0 Å². The first-order chi connectivity index (χ1) is 17.3. The fraction of sp³-hybridized carbons (Fsp3) is 0.360. The number of aromatic nitrogens is 1. The van der Waals surface area contributed by atoms with Gasteiger partial charge in [0.15, 0.2) is 6.61 Å². The number of carbonyl (C=O) groups is 1. The number of nitrogens with two attached hydrogens (primary N) is 1. The number of aromatic amines is 1. The zero-order valence-corrected chi connectivity index (χ0v) is 21.6. The van der Waals surface area contributed by atoms with Gasteiger partial charge in [-0.15, -0.1) is 11.8 Å². The van der Waals surface area contributed by atoms with Gasteiger partial charge in [0.1, 0.15) is 5.75 Å². The van der Waals surface area contributed by atoms with Gasteiger partial charge in [-0.25, -0.2) is 13.6 Å². The number of amides is 1. The van der Waals surface area contributed by atoms with Crippen molar-refractivity contribution in [2.45, 2.75) is 40.4 Å². The Bertz CT molecular complexity index is 1480. The van der Waals surface area contributed by atoms with E-state index in [1.54, 1.807) is 0 Å². The van der Waals surface area contributed by atoms with Crippen molar-refractivity contribution < 1.29 is 17.9 Å². The smallest absolute Gasteiger partial charge is 0.305 e. The predicted molar refractivity (Wildman–Crippen MR) is 139 cm³/mol. The van der Waals surface area contributed by atoms with Gasteiger partial charge in [0.2, 0.25) is 10.0 Å². The van der Waals surface area contributed by atoms with Gasteiger partial charge < -0.3 is 15.0 Å². The van der Waals surface area contributed by atoms with Gasteiger partial charge in [0.05, 0.1) is 9.92 Å².